The summed E-state index contributed by atoms with van der Waals surface area (Å²) in [5.41, 5.74) is 0.836. The Morgan fingerprint density at radius 1 is 1.14 bits per heavy atom. The van der Waals surface area contributed by atoms with Crippen LogP contribution in [-0.2, 0) is 14.3 Å². The molecule has 2 N–H and O–H groups in total. The molecule has 2 aromatic carbocycles. The van der Waals surface area contributed by atoms with Crippen LogP contribution in [-0.4, -0.2) is 52.5 Å². The number of nitro groups is 1. The van der Waals surface area contributed by atoms with Crippen molar-refractivity contribution in [2.45, 2.75) is 13.8 Å². The molecule has 0 saturated carbocycles. The number of allylic oxidation sites excluding steroid dienone is 1. The maximum absolute atomic E-state index is 12.9. The number of nitrogens with zero attached hydrogens (tertiary/aromatic N) is 3. The quantitative estimate of drug-likeness (QED) is 0.287. The second kappa shape index (κ2) is 9.17. The fourth-order valence-corrected chi connectivity index (χ4v) is 3.69. The Bertz CT molecular complexity index is 1360. The number of nitrogens with one attached hydrogen (secondary N) is 2. The van der Waals surface area contributed by atoms with Crippen molar-refractivity contribution in [3.63, 3.8) is 0 Å². The molecule has 0 aromatic heterocycles. The molecule has 0 spiro atoms. The van der Waals surface area contributed by atoms with E-state index < -0.39 is 35.2 Å². The number of aliphatic imine (C=N–C) groups is 1. The number of amides is 3. The monoisotopic (exact) mass is 477 g/mol. The van der Waals surface area contributed by atoms with Crippen molar-refractivity contribution >= 4 is 46.6 Å². The van der Waals surface area contributed by atoms with Gasteiger partial charge in [-0.1, -0.05) is 12.1 Å². The number of amidine groups is 1. The number of esters is 1. The van der Waals surface area contributed by atoms with E-state index in [0.29, 0.717) is 22.0 Å². The molecule has 0 fully saturated rings. The van der Waals surface area contributed by atoms with Gasteiger partial charge in [-0.15, -0.1) is 0 Å². The molecular weight excluding hydrogens is 458 g/mol. The molecule has 2 aromatic rings. The number of hydrogen-bond acceptors (Lipinski definition) is 9. The number of non-ortho nitro benzene ring substituents is 1. The van der Waals surface area contributed by atoms with Crippen LogP contribution in [0, 0.1) is 10.1 Å². The lowest BCUT2D eigenvalue weighted by molar-refractivity contribution is -0.384. The Balaban J connectivity index is 1.61. The Hall–Kier alpha value is -4.87. The summed E-state index contributed by atoms with van der Waals surface area (Å²) >= 11 is 0. The number of rotatable bonds is 5. The third-order valence-electron chi connectivity index (χ3n) is 5.27. The van der Waals surface area contributed by atoms with Crippen LogP contribution in [0.1, 0.15) is 34.6 Å². The SMILES string of the molecule is CCOC(=O)C1=C(C)Nc2ccccc2N=C1NC(=O)CN1C(=O)c2ccc([N+](=O)[O-])cc2C1=O. The summed E-state index contributed by atoms with van der Waals surface area (Å²) in [7, 11) is 0. The molecule has 0 aliphatic carbocycles. The summed E-state index contributed by atoms with van der Waals surface area (Å²) in [6.07, 6.45) is 0. The highest BCUT2D eigenvalue weighted by Gasteiger charge is 2.38. The third-order valence-corrected chi connectivity index (χ3v) is 5.27. The van der Waals surface area contributed by atoms with Gasteiger partial charge in [-0.25, -0.2) is 9.79 Å². The van der Waals surface area contributed by atoms with Crippen LogP contribution in [0.25, 0.3) is 0 Å². The van der Waals surface area contributed by atoms with E-state index in [1.807, 2.05) is 0 Å². The van der Waals surface area contributed by atoms with E-state index >= 15 is 0 Å². The van der Waals surface area contributed by atoms with Crippen LogP contribution in [0.15, 0.2) is 58.7 Å². The molecule has 12 heteroatoms. The second-order valence-corrected chi connectivity index (χ2v) is 7.55. The highest BCUT2D eigenvalue weighted by Crippen LogP contribution is 2.30. The molecule has 0 atom stereocenters. The van der Waals surface area contributed by atoms with E-state index in [2.05, 4.69) is 15.6 Å². The molecule has 178 valence electrons. The van der Waals surface area contributed by atoms with Crippen molar-refractivity contribution in [2.24, 2.45) is 4.99 Å². The normalized spacial score (nSPS) is 14.5. The number of carbonyl (C=O) groups excluding carboxylic acids is 4. The van der Waals surface area contributed by atoms with Gasteiger partial charge in [0, 0.05) is 17.8 Å². The van der Waals surface area contributed by atoms with Crippen molar-refractivity contribution in [3.8, 4) is 0 Å². The standard InChI is InChI=1S/C23H19N5O7/c1-3-35-23(32)19-12(2)24-16-6-4-5-7-17(16)25-20(19)26-18(29)11-27-21(30)14-9-8-13(28(33)34)10-15(14)22(27)31/h4-10,24H,3,11H2,1-2H3,(H,25,26,29). The predicted molar refractivity (Wildman–Crippen MR) is 123 cm³/mol. The molecule has 2 aliphatic rings. The van der Waals surface area contributed by atoms with Gasteiger partial charge in [0.1, 0.15) is 18.0 Å². The first-order valence-electron chi connectivity index (χ1n) is 10.5. The number of fused-ring (bicyclic) bond motifs is 2. The zero-order valence-electron chi connectivity index (χ0n) is 18.7. The Labute approximate surface area is 198 Å². The number of para-hydroxylation sites is 2. The Morgan fingerprint density at radius 2 is 1.86 bits per heavy atom. The van der Waals surface area contributed by atoms with E-state index in [1.54, 1.807) is 38.1 Å². The van der Waals surface area contributed by atoms with Crippen LogP contribution >= 0.6 is 0 Å². The van der Waals surface area contributed by atoms with Gasteiger partial charge < -0.3 is 15.4 Å². The highest BCUT2D eigenvalue weighted by atomic mass is 16.6. The average molecular weight is 477 g/mol. The van der Waals surface area contributed by atoms with Gasteiger partial charge in [-0.05, 0) is 32.0 Å². The third kappa shape index (κ3) is 4.36. The number of carbonyl (C=O) groups is 4. The smallest absolute Gasteiger partial charge is 0.343 e. The van der Waals surface area contributed by atoms with E-state index in [4.69, 9.17) is 4.74 Å². The number of hydrogen-bond donors (Lipinski definition) is 2. The van der Waals surface area contributed by atoms with Crippen molar-refractivity contribution < 1.29 is 28.8 Å². The zero-order valence-corrected chi connectivity index (χ0v) is 18.7. The topological polar surface area (TPSA) is 160 Å². The molecule has 35 heavy (non-hydrogen) atoms. The summed E-state index contributed by atoms with van der Waals surface area (Å²) in [5, 5.41) is 16.6. The number of nitro benzene ring substituents is 1. The first-order valence-corrected chi connectivity index (χ1v) is 10.5. The number of ether oxygens (including phenoxy) is 1. The zero-order chi connectivity index (χ0) is 25.3. The van der Waals surface area contributed by atoms with Gasteiger partial charge in [-0.2, -0.15) is 0 Å². The molecule has 0 bridgehead atoms. The maximum Gasteiger partial charge on any atom is 0.343 e. The summed E-state index contributed by atoms with van der Waals surface area (Å²) in [4.78, 5) is 66.4. The first-order chi connectivity index (χ1) is 16.7. The summed E-state index contributed by atoms with van der Waals surface area (Å²) in [5.74, 6) is -3.24. The Kier molecular flexibility index (Phi) is 6.10. The van der Waals surface area contributed by atoms with Crippen LogP contribution in [0.3, 0.4) is 0 Å². The highest BCUT2D eigenvalue weighted by molar-refractivity contribution is 6.26. The van der Waals surface area contributed by atoms with Gasteiger partial charge >= 0.3 is 5.97 Å². The van der Waals surface area contributed by atoms with E-state index in [-0.39, 0.29) is 34.8 Å². The van der Waals surface area contributed by atoms with Gasteiger partial charge in [-0.3, -0.25) is 29.4 Å². The molecule has 2 aliphatic heterocycles. The van der Waals surface area contributed by atoms with Crippen LogP contribution < -0.4 is 10.6 Å². The van der Waals surface area contributed by atoms with E-state index in [0.717, 1.165) is 12.1 Å². The largest absolute Gasteiger partial charge is 0.462 e. The number of anilines is 1. The van der Waals surface area contributed by atoms with Crippen LogP contribution in [0.2, 0.25) is 0 Å². The van der Waals surface area contributed by atoms with Crippen molar-refractivity contribution in [1.82, 2.24) is 10.2 Å². The van der Waals surface area contributed by atoms with E-state index in [1.165, 1.54) is 6.07 Å². The summed E-state index contributed by atoms with van der Waals surface area (Å²) in [6, 6.07) is 10.2. The minimum Gasteiger partial charge on any atom is -0.462 e. The van der Waals surface area contributed by atoms with E-state index in [9.17, 15) is 29.3 Å². The predicted octanol–water partition coefficient (Wildman–Crippen LogP) is 2.30. The molecule has 0 unspecified atom stereocenters. The summed E-state index contributed by atoms with van der Waals surface area (Å²) < 4.78 is 5.12. The molecule has 3 amide bonds. The number of imide groups is 1. The molecule has 2 heterocycles. The van der Waals surface area contributed by atoms with Gasteiger partial charge in [0.15, 0.2) is 0 Å². The summed E-state index contributed by atoms with van der Waals surface area (Å²) in [6.45, 7) is 2.65. The van der Waals surface area contributed by atoms with Crippen molar-refractivity contribution in [1.29, 1.82) is 0 Å². The fourth-order valence-electron chi connectivity index (χ4n) is 3.69. The average Bonchev–Trinajstić information content (AvgIpc) is 2.95. The first kappa shape index (κ1) is 23.3. The second-order valence-electron chi connectivity index (χ2n) is 7.55. The lowest BCUT2D eigenvalue weighted by Gasteiger charge is -2.16. The van der Waals surface area contributed by atoms with Crippen LogP contribution in [0.4, 0.5) is 17.1 Å². The molecule has 4 rings (SSSR count). The maximum atomic E-state index is 12.9. The number of benzene rings is 2. The van der Waals surface area contributed by atoms with Gasteiger partial charge in [0.2, 0.25) is 5.91 Å². The molecule has 0 saturated heterocycles. The lowest BCUT2D eigenvalue weighted by Crippen LogP contribution is -2.43. The fraction of sp³-hybridized carbons (Fsp3) is 0.174. The van der Waals surface area contributed by atoms with Crippen molar-refractivity contribution in [2.75, 3.05) is 18.5 Å². The molecule has 12 nitrogen and oxygen atoms in total. The molecular formula is C23H19N5O7. The minimum absolute atomic E-state index is 0.0191. The van der Waals surface area contributed by atoms with Gasteiger partial charge in [0.05, 0.1) is 34.0 Å². The lowest BCUT2D eigenvalue weighted by atomic mass is 10.1. The van der Waals surface area contributed by atoms with Crippen molar-refractivity contribution in [3.05, 3.63) is 75.0 Å². The minimum atomic E-state index is -0.837. The van der Waals surface area contributed by atoms with Gasteiger partial charge in [0.25, 0.3) is 17.5 Å². The molecule has 0 radical (unpaired) electrons. The Morgan fingerprint density at radius 3 is 2.57 bits per heavy atom. The van der Waals surface area contributed by atoms with Crippen LogP contribution in [0.5, 0.6) is 0 Å².